The summed E-state index contributed by atoms with van der Waals surface area (Å²) in [7, 11) is 0. The molecule has 4 heteroatoms. The van der Waals surface area contributed by atoms with Gasteiger partial charge in [-0.3, -0.25) is 0 Å². The zero-order chi connectivity index (χ0) is 11.2. The number of allylic oxidation sites excluding steroid dienone is 2. The monoisotopic (exact) mass is 364 g/mol. The van der Waals surface area contributed by atoms with E-state index < -0.39 is 0 Å². The van der Waals surface area contributed by atoms with Crippen molar-refractivity contribution in [2.24, 2.45) is 0 Å². The van der Waals surface area contributed by atoms with Gasteiger partial charge in [0.15, 0.2) is 0 Å². The van der Waals surface area contributed by atoms with E-state index in [1.807, 2.05) is 13.8 Å². The molecule has 0 aliphatic carbocycles. The smallest absolute Gasteiger partial charge is 0.0515 e. The predicted molar refractivity (Wildman–Crippen MR) is 74.5 cm³/mol. The SMILES string of the molecule is CC(C)(Cl)C(Br)CC/C(=C\CCl)CBr. The Kier molecular flexibility index (Phi) is 8.23. The minimum Gasteiger partial charge on any atom is -0.122 e. The normalized spacial score (nSPS) is 15.7. The minimum absolute atomic E-state index is 0.196. The lowest BCUT2D eigenvalue weighted by Crippen LogP contribution is -2.24. The molecular formula is C10H16Br2Cl2. The van der Waals surface area contributed by atoms with E-state index in [2.05, 4.69) is 37.9 Å². The Labute approximate surface area is 114 Å². The van der Waals surface area contributed by atoms with Gasteiger partial charge in [0, 0.05) is 16.0 Å². The molecule has 0 heterocycles. The van der Waals surface area contributed by atoms with Gasteiger partial charge in [0.2, 0.25) is 0 Å². The van der Waals surface area contributed by atoms with Crippen LogP contribution in [0.4, 0.5) is 0 Å². The molecule has 0 radical (unpaired) electrons. The van der Waals surface area contributed by atoms with Gasteiger partial charge in [-0.15, -0.1) is 23.2 Å². The van der Waals surface area contributed by atoms with E-state index >= 15 is 0 Å². The highest BCUT2D eigenvalue weighted by Crippen LogP contribution is 2.29. The third kappa shape index (κ3) is 6.71. The second-order valence-electron chi connectivity index (χ2n) is 3.72. The van der Waals surface area contributed by atoms with Gasteiger partial charge in [-0.1, -0.05) is 43.5 Å². The summed E-state index contributed by atoms with van der Waals surface area (Å²) in [6.45, 7) is 4.04. The molecule has 0 aliphatic rings. The van der Waals surface area contributed by atoms with Crippen LogP contribution in [0.5, 0.6) is 0 Å². The summed E-state index contributed by atoms with van der Waals surface area (Å²) >= 11 is 18.9. The first-order chi connectivity index (χ1) is 6.41. The van der Waals surface area contributed by atoms with Crippen molar-refractivity contribution >= 4 is 55.1 Å². The molecule has 0 aliphatic heterocycles. The second-order valence-corrected chi connectivity index (χ2v) is 6.67. The number of hydrogen-bond donors (Lipinski definition) is 0. The van der Waals surface area contributed by atoms with E-state index in [1.54, 1.807) is 0 Å². The lowest BCUT2D eigenvalue weighted by molar-refractivity contribution is 0.616. The maximum Gasteiger partial charge on any atom is 0.0515 e. The van der Waals surface area contributed by atoms with E-state index in [-0.39, 0.29) is 4.87 Å². The molecule has 0 fully saturated rings. The van der Waals surface area contributed by atoms with Gasteiger partial charge in [-0.2, -0.15) is 0 Å². The third-order valence-electron chi connectivity index (χ3n) is 2.00. The molecule has 1 unspecified atom stereocenters. The molecule has 0 saturated carbocycles. The van der Waals surface area contributed by atoms with E-state index in [4.69, 9.17) is 23.2 Å². The minimum atomic E-state index is -0.196. The highest BCUT2D eigenvalue weighted by Gasteiger charge is 2.23. The molecule has 0 saturated heterocycles. The molecule has 0 N–H and O–H groups in total. The Morgan fingerprint density at radius 2 is 2.07 bits per heavy atom. The highest BCUT2D eigenvalue weighted by atomic mass is 79.9. The van der Waals surface area contributed by atoms with Crippen molar-refractivity contribution < 1.29 is 0 Å². The van der Waals surface area contributed by atoms with Crippen molar-refractivity contribution in [2.45, 2.75) is 36.4 Å². The van der Waals surface area contributed by atoms with Gasteiger partial charge >= 0.3 is 0 Å². The first-order valence-corrected chi connectivity index (χ1v) is 7.49. The largest absolute Gasteiger partial charge is 0.122 e. The Bertz CT molecular complexity index is 185. The maximum absolute atomic E-state index is 6.18. The number of alkyl halides is 4. The van der Waals surface area contributed by atoms with Gasteiger partial charge < -0.3 is 0 Å². The molecule has 0 aromatic heterocycles. The van der Waals surface area contributed by atoms with Crippen LogP contribution in [-0.2, 0) is 0 Å². The Hall–Kier alpha value is 1.28. The molecule has 0 bridgehead atoms. The third-order valence-corrected chi connectivity index (χ3v) is 5.01. The molecule has 14 heavy (non-hydrogen) atoms. The molecule has 0 spiro atoms. The Morgan fingerprint density at radius 3 is 2.43 bits per heavy atom. The standard InChI is InChI=1S/C10H16Br2Cl2/c1-10(2,14)9(12)4-3-8(7-11)5-6-13/h5,9H,3-4,6-7H2,1-2H3/b8-5+. The highest BCUT2D eigenvalue weighted by molar-refractivity contribution is 9.09. The first kappa shape index (κ1) is 15.3. The molecule has 0 amide bonds. The summed E-state index contributed by atoms with van der Waals surface area (Å²) in [5.74, 6) is 0.582. The van der Waals surface area contributed by atoms with Gasteiger partial charge in [0.1, 0.15) is 0 Å². The number of rotatable bonds is 6. The van der Waals surface area contributed by atoms with Gasteiger partial charge in [0.25, 0.3) is 0 Å². The molecule has 0 rings (SSSR count). The van der Waals surface area contributed by atoms with E-state index in [0.29, 0.717) is 10.7 Å². The zero-order valence-corrected chi connectivity index (χ0v) is 13.2. The summed E-state index contributed by atoms with van der Waals surface area (Å²) in [4.78, 5) is 0.132. The summed E-state index contributed by atoms with van der Waals surface area (Å²) in [6, 6.07) is 0. The summed E-state index contributed by atoms with van der Waals surface area (Å²) in [5, 5.41) is 0.891. The lowest BCUT2D eigenvalue weighted by Gasteiger charge is -2.23. The van der Waals surface area contributed by atoms with E-state index in [9.17, 15) is 0 Å². The molecule has 84 valence electrons. The fraction of sp³-hybridized carbons (Fsp3) is 0.800. The van der Waals surface area contributed by atoms with Gasteiger partial charge in [0.05, 0.1) is 4.87 Å². The van der Waals surface area contributed by atoms with Crippen LogP contribution < -0.4 is 0 Å². The van der Waals surface area contributed by atoms with Crippen LogP contribution in [0.1, 0.15) is 26.7 Å². The van der Waals surface area contributed by atoms with Crippen LogP contribution in [0.3, 0.4) is 0 Å². The fourth-order valence-corrected chi connectivity index (χ4v) is 2.05. The summed E-state index contributed by atoms with van der Waals surface area (Å²) in [5.41, 5.74) is 1.34. The molecule has 0 aromatic carbocycles. The maximum atomic E-state index is 6.18. The van der Waals surface area contributed by atoms with Crippen LogP contribution in [0.15, 0.2) is 11.6 Å². The van der Waals surface area contributed by atoms with Crippen molar-refractivity contribution in [2.75, 3.05) is 11.2 Å². The van der Waals surface area contributed by atoms with Crippen LogP contribution in [0, 0.1) is 0 Å². The van der Waals surface area contributed by atoms with Crippen LogP contribution >= 0.6 is 55.1 Å². The Balaban J connectivity index is 3.98. The van der Waals surface area contributed by atoms with Gasteiger partial charge in [-0.25, -0.2) is 0 Å². The van der Waals surface area contributed by atoms with Crippen molar-refractivity contribution in [3.05, 3.63) is 11.6 Å². The molecule has 1 atom stereocenters. The molecule has 0 nitrogen and oxygen atoms in total. The van der Waals surface area contributed by atoms with E-state index in [0.717, 1.165) is 18.2 Å². The van der Waals surface area contributed by atoms with Gasteiger partial charge in [-0.05, 0) is 26.7 Å². The topological polar surface area (TPSA) is 0 Å². The van der Waals surface area contributed by atoms with Crippen molar-refractivity contribution in [3.63, 3.8) is 0 Å². The van der Waals surface area contributed by atoms with Crippen molar-refractivity contribution in [1.82, 2.24) is 0 Å². The number of halogens is 4. The molecular weight excluding hydrogens is 351 g/mol. The zero-order valence-electron chi connectivity index (χ0n) is 8.49. The summed E-state index contributed by atoms with van der Waals surface area (Å²) in [6.07, 6.45) is 4.12. The van der Waals surface area contributed by atoms with Crippen LogP contribution in [0.2, 0.25) is 0 Å². The van der Waals surface area contributed by atoms with Crippen molar-refractivity contribution in [1.29, 1.82) is 0 Å². The Morgan fingerprint density at radius 1 is 1.50 bits per heavy atom. The lowest BCUT2D eigenvalue weighted by atomic mass is 10.0. The number of hydrogen-bond acceptors (Lipinski definition) is 0. The van der Waals surface area contributed by atoms with Crippen LogP contribution in [0.25, 0.3) is 0 Å². The molecule has 0 aromatic rings. The fourth-order valence-electron chi connectivity index (χ4n) is 0.988. The second kappa shape index (κ2) is 7.54. The average Bonchev–Trinajstić information content (AvgIpc) is 2.10. The first-order valence-electron chi connectivity index (χ1n) is 4.54. The van der Waals surface area contributed by atoms with Crippen LogP contribution in [-0.4, -0.2) is 20.9 Å². The van der Waals surface area contributed by atoms with Crippen molar-refractivity contribution in [3.8, 4) is 0 Å². The summed E-state index contributed by atoms with van der Waals surface area (Å²) < 4.78 is 0. The predicted octanol–water partition coefficient (Wildman–Crippen LogP) is 5.11. The average molecular weight is 367 g/mol. The van der Waals surface area contributed by atoms with E-state index in [1.165, 1.54) is 5.57 Å². The quantitative estimate of drug-likeness (QED) is 0.452.